The van der Waals surface area contributed by atoms with Crippen LogP contribution in [0.2, 0.25) is 0 Å². The van der Waals surface area contributed by atoms with Gasteiger partial charge in [-0.1, -0.05) is 0 Å². The largest absolute Gasteiger partial charge is 0.478 e. The number of nitro groups is 1. The summed E-state index contributed by atoms with van der Waals surface area (Å²) >= 11 is 0.862. The van der Waals surface area contributed by atoms with Crippen molar-refractivity contribution in [2.24, 2.45) is 0 Å². The predicted molar refractivity (Wildman–Crippen MR) is 72.7 cm³/mol. The minimum absolute atomic E-state index is 0.0796. The van der Waals surface area contributed by atoms with E-state index in [9.17, 15) is 19.7 Å². The summed E-state index contributed by atoms with van der Waals surface area (Å²) in [5.41, 5.74) is -0.760. The number of carboxylic acid groups (broad SMARTS) is 1. The lowest BCUT2D eigenvalue weighted by Gasteiger charge is -2.04. The Kier molecular flexibility index (Phi) is 4.08. The minimum Gasteiger partial charge on any atom is -0.478 e. The Balaban J connectivity index is 2.50. The van der Waals surface area contributed by atoms with Gasteiger partial charge in [-0.05, 0) is 30.8 Å². The molecule has 0 aliphatic carbocycles. The average molecular weight is 310 g/mol. The molecular formula is C11H10N4O5S. The summed E-state index contributed by atoms with van der Waals surface area (Å²) < 4.78 is 1.29. The zero-order valence-corrected chi connectivity index (χ0v) is 11.6. The number of aromatic amines is 1. The van der Waals surface area contributed by atoms with Gasteiger partial charge in [-0.25, -0.2) is 14.7 Å². The van der Waals surface area contributed by atoms with E-state index in [-0.39, 0.29) is 21.3 Å². The van der Waals surface area contributed by atoms with E-state index in [1.165, 1.54) is 10.6 Å². The van der Waals surface area contributed by atoms with E-state index in [0.29, 0.717) is 6.54 Å². The van der Waals surface area contributed by atoms with Crippen molar-refractivity contribution >= 4 is 23.4 Å². The highest BCUT2D eigenvalue weighted by Gasteiger charge is 2.20. The normalized spacial score (nSPS) is 10.5. The first-order valence-electron chi connectivity index (χ1n) is 5.78. The van der Waals surface area contributed by atoms with Gasteiger partial charge < -0.3 is 5.11 Å². The fraction of sp³-hybridized carbons (Fsp3) is 0.182. The molecule has 0 bridgehead atoms. The minimum atomic E-state index is -1.19. The van der Waals surface area contributed by atoms with Crippen LogP contribution in [0.4, 0.5) is 5.69 Å². The molecule has 0 fully saturated rings. The van der Waals surface area contributed by atoms with Gasteiger partial charge in [0.1, 0.15) is 0 Å². The molecule has 1 aromatic carbocycles. The first-order chi connectivity index (χ1) is 9.93. The molecule has 0 aliphatic rings. The van der Waals surface area contributed by atoms with Crippen LogP contribution < -0.4 is 5.69 Å². The van der Waals surface area contributed by atoms with Crippen LogP contribution in [0.15, 0.2) is 33.0 Å². The molecule has 9 nitrogen and oxygen atoms in total. The lowest BCUT2D eigenvalue weighted by Crippen LogP contribution is -2.16. The fourth-order valence-electron chi connectivity index (χ4n) is 1.64. The highest BCUT2D eigenvalue weighted by molar-refractivity contribution is 7.99. The Hall–Kier alpha value is -2.62. The van der Waals surface area contributed by atoms with Crippen molar-refractivity contribution in [1.82, 2.24) is 14.8 Å². The highest BCUT2D eigenvalue weighted by atomic mass is 32.2. The zero-order valence-electron chi connectivity index (χ0n) is 10.8. The molecule has 110 valence electrons. The first kappa shape index (κ1) is 14.8. The molecule has 0 unspecified atom stereocenters. The Morgan fingerprint density at radius 3 is 2.86 bits per heavy atom. The van der Waals surface area contributed by atoms with Gasteiger partial charge in [0, 0.05) is 12.6 Å². The Morgan fingerprint density at radius 2 is 2.29 bits per heavy atom. The summed E-state index contributed by atoms with van der Waals surface area (Å²) in [6.07, 6.45) is 0. The van der Waals surface area contributed by atoms with Gasteiger partial charge >= 0.3 is 11.7 Å². The van der Waals surface area contributed by atoms with Crippen LogP contribution in [-0.2, 0) is 6.54 Å². The van der Waals surface area contributed by atoms with E-state index in [1.54, 1.807) is 6.92 Å². The van der Waals surface area contributed by atoms with Crippen LogP contribution in [0, 0.1) is 10.1 Å². The molecule has 2 rings (SSSR count). The molecule has 2 aromatic rings. The monoisotopic (exact) mass is 310 g/mol. The Labute approximate surface area is 121 Å². The number of nitro benzene ring substituents is 1. The maximum Gasteiger partial charge on any atom is 0.343 e. The van der Waals surface area contributed by atoms with Gasteiger partial charge in [-0.15, -0.1) is 5.10 Å². The van der Waals surface area contributed by atoms with Crippen molar-refractivity contribution < 1.29 is 14.8 Å². The zero-order chi connectivity index (χ0) is 15.6. The second-order valence-corrected chi connectivity index (χ2v) is 4.91. The SMILES string of the molecule is CCn1c(Sc2cc(C(=O)O)ccc2[N+](=O)[O-])n[nH]c1=O. The molecule has 0 aliphatic heterocycles. The second kappa shape index (κ2) is 5.79. The van der Waals surface area contributed by atoms with E-state index in [2.05, 4.69) is 10.2 Å². The third kappa shape index (κ3) is 2.94. The molecule has 0 saturated heterocycles. The number of aromatic nitrogens is 3. The standard InChI is InChI=1S/C11H10N4O5S/c1-2-14-10(18)12-13-11(14)21-8-5-6(9(16)17)3-4-7(8)15(19)20/h3-5H,2H2,1H3,(H,12,18)(H,16,17). The van der Waals surface area contributed by atoms with Crippen molar-refractivity contribution in [2.45, 2.75) is 23.5 Å². The molecule has 2 N–H and O–H groups in total. The van der Waals surface area contributed by atoms with Crippen molar-refractivity contribution in [2.75, 3.05) is 0 Å². The third-order valence-corrected chi connectivity index (χ3v) is 3.69. The molecule has 0 atom stereocenters. The molecule has 0 spiro atoms. The first-order valence-corrected chi connectivity index (χ1v) is 6.60. The number of nitrogens with one attached hydrogen (secondary N) is 1. The lowest BCUT2D eigenvalue weighted by molar-refractivity contribution is -0.387. The summed E-state index contributed by atoms with van der Waals surface area (Å²) in [5, 5.41) is 26.2. The molecule has 0 radical (unpaired) electrons. The van der Waals surface area contributed by atoms with Crippen LogP contribution in [0.3, 0.4) is 0 Å². The van der Waals surface area contributed by atoms with Crippen molar-refractivity contribution in [3.05, 3.63) is 44.4 Å². The second-order valence-electron chi connectivity index (χ2n) is 3.90. The quantitative estimate of drug-likeness (QED) is 0.629. The molecule has 10 heteroatoms. The smallest absolute Gasteiger partial charge is 0.343 e. The predicted octanol–water partition coefficient (Wildman–Crippen LogP) is 1.35. The average Bonchev–Trinajstić information content (AvgIpc) is 2.78. The molecule has 0 amide bonds. The highest BCUT2D eigenvalue weighted by Crippen LogP contribution is 2.34. The Bertz CT molecular complexity index is 766. The lowest BCUT2D eigenvalue weighted by atomic mass is 10.2. The van der Waals surface area contributed by atoms with E-state index >= 15 is 0 Å². The van der Waals surface area contributed by atoms with Crippen LogP contribution in [0.1, 0.15) is 17.3 Å². The fourth-order valence-corrected chi connectivity index (χ4v) is 2.68. The van der Waals surface area contributed by atoms with Crippen molar-refractivity contribution in [1.29, 1.82) is 0 Å². The molecule has 1 heterocycles. The number of hydrogen-bond donors (Lipinski definition) is 2. The van der Waals surface area contributed by atoms with Gasteiger partial charge in [-0.2, -0.15) is 0 Å². The van der Waals surface area contributed by atoms with E-state index in [1.807, 2.05) is 0 Å². The van der Waals surface area contributed by atoms with Crippen LogP contribution in [0.25, 0.3) is 0 Å². The summed E-state index contributed by atoms with van der Waals surface area (Å²) in [6, 6.07) is 3.46. The van der Waals surface area contributed by atoms with Crippen molar-refractivity contribution in [3.63, 3.8) is 0 Å². The van der Waals surface area contributed by atoms with E-state index in [4.69, 9.17) is 5.11 Å². The number of carboxylic acids is 1. The number of carbonyl (C=O) groups is 1. The number of rotatable bonds is 5. The number of hydrogen-bond acceptors (Lipinski definition) is 6. The van der Waals surface area contributed by atoms with Crippen LogP contribution in [-0.4, -0.2) is 30.8 Å². The molecule has 1 aromatic heterocycles. The van der Waals surface area contributed by atoms with Gasteiger partial charge in [0.2, 0.25) is 0 Å². The van der Waals surface area contributed by atoms with Gasteiger partial charge in [0.15, 0.2) is 5.16 Å². The third-order valence-electron chi connectivity index (χ3n) is 2.64. The Morgan fingerprint density at radius 1 is 1.57 bits per heavy atom. The number of benzene rings is 1. The molecular weight excluding hydrogens is 300 g/mol. The van der Waals surface area contributed by atoms with Crippen molar-refractivity contribution in [3.8, 4) is 0 Å². The molecule has 0 saturated carbocycles. The van der Waals surface area contributed by atoms with E-state index in [0.717, 1.165) is 23.9 Å². The van der Waals surface area contributed by atoms with Crippen LogP contribution >= 0.6 is 11.8 Å². The number of H-pyrrole nitrogens is 1. The van der Waals surface area contributed by atoms with Gasteiger partial charge in [-0.3, -0.25) is 14.7 Å². The number of aromatic carboxylic acids is 1. The molecule has 21 heavy (non-hydrogen) atoms. The van der Waals surface area contributed by atoms with Crippen LogP contribution in [0.5, 0.6) is 0 Å². The summed E-state index contributed by atoms with van der Waals surface area (Å²) in [7, 11) is 0. The van der Waals surface area contributed by atoms with Gasteiger partial charge in [0.25, 0.3) is 5.69 Å². The maximum atomic E-state index is 11.5. The summed E-state index contributed by atoms with van der Waals surface area (Å²) in [5.74, 6) is -1.19. The number of nitrogens with zero attached hydrogens (tertiary/aromatic N) is 3. The maximum absolute atomic E-state index is 11.5. The van der Waals surface area contributed by atoms with Gasteiger partial charge in [0.05, 0.1) is 15.4 Å². The summed E-state index contributed by atoms with van der Waals surface area (Å²) in [4.78, 5) is 32.9. The van der Waals surface area contributed by atoms with E-state index < -0.39 is 16.6 Å². The summed E-state index contributed by atoms with van der Waals surface area (Å²) in [6.45, 7) is 2.06. The topological polar surface area (TPSA) is 131 Å².